The number of carboxylic acid groups (broad SMARTS) is 3. The number of nitrogens with two attached hydrogens (primary N) is 1. The van der Waals surface area contributed by atoms with E-state index in [1.54, 1.807) is 0 Å². The van der Waals surface area contributed by atoms with Gasteiger partial charge < -0.3 is 42.1 Å². The van der Waals surface area contributed by atoms with Crippen LogP contribution < -0.4 is 21.7 Å². The average molecular weight is 406 g/mol. The summed E-state index contributed by atoms with van der Waals surface area (Å²) in [5.74, 6) is -7.51. The first kappa shape index (κ1) is 24.7. The normalized spacial score (nSPS) is 14.7. The number of rotatable bonds is 12. The van der Waals surface area contributed by atoms with Gasteiger partial charge in [0, 0.05) is 0 Å². The lowest BCUT2D eigenvalue weighted by atomic mass is 10.1. The largest absolute Gasteiger partial charge is 0.481 e. The molecule has 0 aromatic heterocycles. The predicted molar refractivity (Wildman–Crippen MR) is 88.7 cm³/mol. The minimum absolute atomic E-state index is 0.720. The van der Waals surface area contributed by atoms with Crippen molar-refractivity contribution in [1.82, 2.24) is 16.0 Å². The highest BCUT2D eigenvalue weighted by Gasteiger charge is 2.29. The Kier molecular flexibility index (Phi) is 10.1. The summed E-state index contributed by atoms with van der Waals surface area (Å²) in [6.45, 7) is 0.364. The summed E-state index contributed by atoms with van der Waals surface area (Å²) in [5.41, 5.74) is 5.34. The molecule has 0 aromatic carbocycles. The Morgan fingerprint density at radius 2 is 1.43 bits per heavy atom. The van der Waals surface area contributed by atoms with E-state index in [1.165, 1.54) is 0 Å². The molecule has 0 aliphatic heterocycles. The number of nitrogens with one attached hydrogen (secondary N) is 3. The summed E-state index contributed by atoms with van der Waals surface area (Å²) in [6.07, 6.45) is -3.05. The first-order valence-electron chi connectivity index (χ1n) is 7.82. The van der Waals surface area contributed by atoms with E-state index in [2.05, 4.69) is 0 Å². The van der Waals surface area contributed by atoms with Gasteiger partial charge in [-0.3, -0.25) is 24.0 Å². The summed E-state index contributed by atoms with van der Waals surface area (Å²) in [5, 5.41) is 41.5. The summed E-state index contributed by atoms with van der Waals surface area (Å²) in [4.78, 5) is 67.4. The maximum Gasteiger partial charge on any atom is 0.326 e. The molecule has 28 heavy (non-hydrogen) atoms. The van der Waals surface area contributed by atoms with Gasteiger partial charge in [-0.1, -0.05) is 0 Å². The Hall–Kier alpha value is -3.26. The Labute approximate surface area is 158 Å². The molecule has 0 fully saturated rings. The second-order valence-electron chi connectivity index (χ2n) is 5.71. The van der Waals surface area contributed by atoms with Gasteiger partial charge in [-0.15, -0.1) is 0 Å². The SMILES string of the molecule is CC(O)C(NC(=O)C(N)CC(=O)O)C(=O)NCC(=O)NC(CC(=O)O)C(=O)O. The molecule has 0 saturated carbocycles. The van der Waals surface area contributed by atoms with Gasteiger partial charge in [0.25, 0.3) is 0 Å². The van der Waals surface area contributed by atoms with Crippen molar-refractivity contribution in [1.29, 1.82) is 0 Å². The van der Waals surface area contributed by atoms with Gasteiger partial charge in [-0.05, 0) is 6.92 Å². The topological polar surface area (TPSA) is 245 Å². The number of aliphatic hydroxyl groups excluding tert-OH is 1. The standard InChI is InChI=1S/C14H22N4O10/c1-5(19)11(18-12(25)6(15)2-9(21)22)13(26)16-4-8(20)17-7(14(27)28)3-10(23)24/h5-7,11,19H,2-4,15H2,1H3,(H,16,26)(H,17,20)(H,18,25)(H,21,22)(H,23,24)(H,27,28). The van der Waals surface area contributed by atoms with Gasteiger partial charge in [0.2, 0.25) is 17.7 Å². The van der Waals surface area contributed by atoms with E-state index in [0.29, 0.717) is 0 Å². The van der Waals surface area contributed by atoms with E-state index in [0.717, 1.165) is 6.92 Å². The maximum absolute atomic E-state index is 12.0. The van der Waals surface area contributed by atoms with Crippen molar-refractivity contribution >= 4 is 35.6 Å². The summed E-state index contributed by atoms with van der Waals surface area (Å²) in [7, 11) is 0. The van der Waals surface area contributed by atoms with E-state index in [4.69, 9.17) is 21.1 Å². The van der Waals surface area contributed by atoms with E-state index < -0.39 is 79.2 Å². The highest BCUT2D eigenvalue weighted by Crippen LogP contribution is 1.97. The number of amides is 3. The quantitative estimate of drug-likeness (QED) is 0.154. The van der Waals surface area contributed by atoms with Crippen molar-refractivity contribution in [3.05, 3.63) is 0 Å². The first-order chi connectivity index (χ1) is 12.8. The first-order valence-corrected chi connectivity index (χ1v) is 7.82. The van der Waals surface area contributed by atoms with Gasteiger partial charge in [-0.25, -0.2) is 4.79 Å². The Morgan fingerprint density at radius 3 is 1.86 bits per heavy atom. The van der Waals surface area contributed by atoms with Crippen LogP contribution in [-0.2, 0) is 28.8 Å². The Morgan fingerprint density at radius 1 is 0.893 bits per heavy atom. The molecule has 0 bridgehead atoms. The second kappa shape index (κ2) is 11.5. The number of hydrogen-bond donors (Lipinski definition) is 8. The number of carboxylic acids is 3. The molecule has 0 aliphatic rings. The van der Waals surface area contributed by atoms with Gasteiger partial charge >= 0.3 is 17.9 Å². The fourth-order valence-corrected chi connectivity index (χ4v) is 1.84. The molecule has 0 aromatic rings. The van der Waals surface area contributed by atoms with Crippen LogP contribution in [-0.4, -0.2) is 86.8 Å². The zero-order chi connectivity index (χ0) is 22.0. The lowest BCUT2D eigenvalue weighted by Crippen LogP contribution is -2.57. The zero-order valence-corrected chi connectivity index (χ0v) is 14.7. The number of carbonyl (C=O) groups excluding carboxylic acids is 3. The highest BCUT2D eigenvalue weighted by atomic mass is 16.4. The van der Waals surface area contributed by atoms with Crippen molar-refractivity contribution in [3.8, 4) is 0 Å². The van der Waals surface area contributed by atoms with Crippen molar-refractivity contribution in [2.24, 2.45) is 5.73 Å². The Bertz CT molecular complexity index is 636. The smallest absolute Gasteiger partial charge is 0.326 e. The van der Waals surface area contributed by atoms with Crippen LogP contribution in [0.4, 0.5) is 0 Å². The maximum atomic E-state index is 12.0. The monoisotopic (exact) mass is 406 g/mol. The predicted octanol–water partition coefficient (Wildman–Crippen LogP) is -4.19. The van der Waals surface area contributed by atoms with Crippen LogP contribution in [0.3, 0.4) is 0 Å². The molecule has 14 nitrogen and oxygen atoms in total. The molecule has 0 aliphatic carbocycles. The minimum atomic E-state index is -1.72. The van der Waals surface area contributed by atoms with E-state index >= 15 is 0 Å². The number of carbonyl (C=O) groups is 6. The molecular formula is C14H22N4O10. The van der Waals surface area contributed by atoms with Crippen molar-refractivity contribution in [3.63, 3.8) is 0 Å². The summed E-state index contributed by atoms with van der Waals surface area (Å²) >= 11 is 0. The lowest BCUT2D eigenvalue weighted by molar-refractivity contribution is -0.147. The third-order valence-electron chi connectivity index (χ3n) is 3.23. The number of aliphatic hydroxyl groups is 1. The van der Waals surface area contributed by atoms with Crippen LogP contribution in [0.15, 0.2) is 0 Å². The van der Waals surface area contributed by atoms with Crippen LogP contribution in [0.2, 0.25) is 0 Å². The number of aliphatic carboxylic acids is 3. The fourth-order valence-electron chi connectivity index (χ4n) is 1.84. The lowest BCUT2D eigenvalue weighted by Gasteiger charge is -2.22. The van der Waals surface area contributed by atoms with Crippen LogP contribution >= 0.6 is 0 Å². The summed E-state index contributed by atoms with van der Waals surface area (Å²) in [6, 6.07) is -4.78. The molecule has 158 valence electrons. The third kappa shape index (κ3) is 9.44. The van der Waals surface area contributed by atoms with Crippen LogP contribution in [0, 0.1) is 0 Å². The van der Waals surface area contributed by atoms with Crippen LogP contribution in [0.25, 0.3) is 0 Å². The molecular weight excluding hydrogens is 384 g/mol. The number of hydrogen-bond acceptors (Lipinski definition) is 8. The van der Waals surface area contributed by atoms with E-state index in [-0.39, 0.29) is 0 Å². The summed E-state index contributed by atoms with van der Waals surface area (Å²) < 4.78 is 0. The van der Waals surface area contributed by atoms with Crippen molar-refractivity contribution in [2.45, 2.75) is 44.0 Å². The molecule has 0 spiro atoms. The van der Waals surface area contributed by atoms with Crippen LogP contribution in [0.1, 0.15) is 19.8 Å². The second-order valence-corrected chi connectivity index (χ2v) is 5.71. The molecule has 0 heterocycles. The minimum Gasteiger partial charge on any atom is -0.481 e. The molecule has 0 radical (unpaired) electrons. The van der Waals surface area contributed by atoms with E-state index in [1.807, 2.05) is 16.0 Å². The van der Waals surface area contributed by atoms with Gasteiger partial charge in [0.1, 0.15) is 12.1 Å². The molecule has 9 N–H and O–H groups in total. The average Bonchev–Trinajstić information content (AvgIpc) is 2.55. The Balaban J connectivity index is 4.78. The molecule has 14 heteroatoms. The molecule has 4 unspecified atom stereocenters. The third-order valence-corrected chi connectivity index (χ3v) is 3.23. The molecule has 0 rings (SSSR count). The molecule has 4 atom stereocenters. The molecule has 3 amide bonds. The van der Waals surface area contributed by atoms with Gasteiger partial charge in [0.05, 0.1) is 31.5 Å². The fraction of sp³-hybridized carbons (Fsp3) is 0.571. The van der Waals surface area contributed by atoms with Gasteiger partial charge in [-0.2, -0.15) is 0 Å². The molecule has 0 saturated heterocycles. The van der Waals surface area contributed by atoms with Crippen molar-refractivity contribution in [2.75, 3.05) is 6.54 Å². The van der Waals surface area contributed by atoms with Crippen LogP contribution in [0.5, 0.6) is 0 Å². The van der Waals surface area contributed by atoms with Gasteiger partial charge in [0.15, 0.2) is 0 Å². The van der Waals surface area contributed by atoms with Crippen molar-refractivity contribution < 1.29 is 49.2 Å². The zero-order valence-electron chi connectivity index (χ0n) is 14.7. The highest BCUT2D eigenvalue weighted by molar-refractivity contribution is 5.94. The van der Waals surface area contributed by atoms with E-state index in [9.17, 15) is 33.9 Å².